The first-order valence-corrected chi connectivity index (χ1v) is 25.3. The van der Waals surface area contributed by atoms with Crippen molar-refractivity contribution in [3.63, 3.8) is 0 Å². The summed E-state index contributed by atoms with van der Waals surface area (Å²) >= 11 is 0. The zero-order valence-electron chi connectivity index (χ0n) is 42.3. The maximum Gasteiger partial charge on any atom is 0.244 e. The monoisotopic (exact) mass is 1170 g/mol. The molecular weight excluding hydrogens is 1120 g/mol. The van der Waals surface area contributed by atoms with Crippen molar-refractivity contribution in [3.8, 4) is 0 Å². The summed E-state index contributed by atoms with van der Waals surface area (Å²) in [5.74, 6) is 0. The van der Waals surface area contributed by atoms with Crippen LogP contribution in [-0.4, -0.2) is 13.7 Å². The minimum absolute atomic E-state index is 0. The van der Waals surface area contributed by atoms with Gasteiger partial charge in [-0.15, -0.1) is 0 Å². The number of halogens is 3. The summed E-state index contributed by atoms with van der Waals surface area (Å²) in [7, 11) is 0. The van der Waals surface area contributed by atoms with Crippen molar-refractivity contribution in [2.45, 2.75) is 60.0 Å². The van der Waals surface area contributed by atoms with Gasteiger partial charge in [0.1, 0.15) is 76.4 Å². The van der Waals surface area contributed by atoms with Gasteiger partial charge in [0.15, 0.2) is 0 Å². The van der Waals surface area contributed by atoms with Crippen LogP contribution in [0.1, 0.15) is 50.1 Å². The Kier molecular flexibility index (Phi) is 14.8. The lowest BCUT2D eigenvalue weighted by Crippen LogP contribution is -3.00. The summed E-state index contributed by atoms with van der Waals surface area (Å²) in [6.07, 6.45) is 20.4. The number of aromatic nitrogens is 6. The van der Waals surface area contributed by atoms with Gasteiger partial charge in [0.05, 0.1) is 0 Å². The van der Waals surface area contributed by atoms with E-state index in [-0.39, 0.29) is 50.9 Å². The Morgan fingerprint density at radius 2 is 0.507 bits per heavy atom. The fourth-order valence-electron chi connectivity index (χ4n) is 11.9. The van der Waals surface area contributed by atoms with Gasteiger partial charge in [0.2, 0.25) is 19.0 Å². The third kappa shape index (κ3) is 9.74. The molecule has 0 aliphatic heterocycles. The maximum atomic E-state index is 2.38. The van der Waals surface area contributed by atoms with E-state index in [2.05, 4.69) is 268 Å². The van der Waals surface area contributed by atoms with Crippen LogP contribution in [0.3, 0.4) is 0 Å². The number of hydrogen-bond acceptors (Lipinski definition) is 0. The molecular formula is C66H57Br3N6. The lowest BCUT2D eigenvalue weighted by Gasteiger charge is -2.20. The van der Waals surface area contributed by atoms with E-state index in [1.165, 1.54) is 115 Å². The van der Waals surface area contributed by atoms with Crippen molar-refractivity contribution < 1.29 is 64.6 Å². The van der Waals surface area contributed by atoms with Crippen molar-refractivity contribution in [2.24, 2.45) is 0 Å². The van der Waals surface area contributed by atoms with Crippen molar-refractivity contribution in [2.75, 3.05) is 0 Å². The molecule has 0 saturated heterocycles. The van der Waals surface area contributed by atoms with Crippen molar-refractivity contribution in [1.82, 2.24) is 13.7 Å². The number of hydrogen-bond donors (Lipinski definition) is 0. The molecule has 0 aliphatic rings. The third-order valence-corrected chi connectivity index (χ3v) is 15.6. The first-order valence-electron chi connectivity index (χ1n) is 25.3. The van der Waals surface area contributed by atoms with E-state index in [0.717, 1.165) is 39.3 Å². The van der Waals surface area contributed by atoms with Gasteiger partial charge >= 0.3 is 0 Å². The highest BCUT2D eigenvalue weighted by molar-refractivity contribution is 6.04. The zero-order chi connectivity index (χ0) is 48.3. The van der Waals surface area contributed by atoms with Crippen molar-refractivity contribution >= 4 is 64.6 Å². The Hall–Kier alpha value is -7.17. The van der Waals surface area contributed by atoms with Crippen molar-refractivity contribution in [3.05, 3.63) is 270 Å². The van der Waals surface area contributed by atoms with Crippen LogP contribution in [0.15, 0.2) is 220 Å². The highest BCUT2D eigenvalue weighted by Gasteiger charge is 2.24. The normalized spacial score (nSPS) is 11.4. The molecule has 10 aromatic carbocycles. The fourth-order valence-corrected chi connectivity index (χ4v) is 11.9. The van der Waals surface area contributed by atoms with E-state index in [1.807, 2.05) is 0 Å². The smallest absolute Gasteiger partial charge is 0.244 e. The van der Waals surface area contributed by atoms with Crippen LogP contribution in [0.25, 0.3) is 64.6 Å². The number of rotatable bonds is 12. The minimum atomic E-state index is 0. The predicted octanol–water partition coefficient (Wildman–Crippen LogP) is 4.10. The highest BCUT2D eigenvalue weighted by Crippen LogP contribution is 2.33. The third-order valence-electron chi connectivity index (χ3n) is 15.6. The molecule has 0 bridgehead atoms. The number of benzene rings is 10. The van der Waals surface area contributed by atoms with Crippen LogP contribution in [0, 0.1) is 20.8 Å². The molecule has 9 heteroatoms. The van der Waals surface area contributed by atoms with Gasteiger partial charge in [0.25, 0.3) is 0 Å². The molecule has 0 amide bonds. The molecule has 0 unspecified atom stereocenters. The van der Waals surface area contributed by atoms with E-state index in [9.17, 15) is 0 Å². The molecule has 0 aliphatic carbocycles. The topological polar surface area (TPSA) is 26.4 Å². The Bertz CT molecular complexity index is 3630. The van der Waals surface area contributed by atoms with Crippen molar-refractivity contribution in [1.29, 1.82) is 0 Å². The molecule has 3 heterocycles. The number of imidazole rings is 3. The van der Waals surface area contributed by atoms with E-state index >= 15 is 0 Å². The maximum absolute atomic E-state index is 2.38. The Labute approximate surface area is 469 Å². The highest BCUT2D eigenvalue weighted by atomic mass is 79.9. The first-order chi connectivity index (χ1) is 35.4. The van der Waals surface area contributed by atoms with E-state index in [4.69, 9.17) is 0 Å². The summed E-state index contributed by atoms with van der Waals surface area (Å²) in [5, 5.41) is 15.5. The molecule has 13 aromatic rings. The van der Waals surface area contributed by atoms with Gasteiger partial charge in [-0.25, -0.2) is 27.4 Å². The molecule has 75 heavy (non-hydrogen) atoms. The molecule has 0 saturated carbocycles. The Morgan fingerprint density at radius 1 is 0.293 bits per heavy atom. The average molecular weight is 1170 g/mol. The Morgan fingerprint density at radius 3 is 0.733 bits per heavy atom. The molecule has 0 radical (unpaired) electrons. The van der Waals surface area contributed by atoms with Crippen LogP contribution >= 0.6 is 0 Å². The molecule has 0 fully saturated rings. The summed E-state index contributed by atoms with van der Waals surface area (Å²) in [6, 6.07) is 59.8. The second-order valence-electron chi connectivity index (χ2n) is 20.0. The molecule has 13 rings (SSSR count). The summed E-state index contributed by atoms with van der Waals surface area (Å²) in [5.41, 5.74) is 12.3. The number of fused-ring (bicyclic) bond motifs is 6. The second kappa shape index (κ2) is 21.6. The molecule has 6 nitrogen and oxygen atoms in total. The lowest BCUT2D eigenvalue weighted by molar-refractivity contribution is -0.687. The van der Waals surface area contributed by atoms with Crippen LogP contribution < -0.4 is 64.6 Å². The minimum Gasteiger partial charge on any atom is -1.00 e. The molecule has 372 valence electrons. The molecule has 0 spiro atoms. The van der Waals surface area contributed by atoms with Crippen LogP contribution in [0.4, 0.5) is 0 Å². The van der Waals surface area contributed by atoms with E-state index < -0.39 is 0 Å². The van der Waals surface area contributed by atoms with E-state index in [0.29, 0.717) is 0 Å². The molecule has 3 aromatic heterocycles. The van der Waals surface area contributed by atoms with Crippen LogP contribution in [0.5, 0.6) is 0 Å². The summed E-state index contributed by atoms with van der Waals surface area (Å²) in [4.78, 5) is 0. The summed E-state index contributed by atoms with van der Waals surface area (Å²) in [6.45, 7) is 11.8. The van der Waals surface area contributed by atoms with Gasteiger partial charge < -0.3 is 50.9 Å². The molecule has 0 atom stereocenters. The van der Waals surface area contributed by atoms with E-state index in [1.54, 1.807) is 0 Å². The fraction of sp³-hybridized carbons (Fsp3) is 0.136. The Balaban J connectivity index is 0.00000214. The largest absolute Gasteiger partial charge is 1.00 e. The molecule has 0 N–H and O–H groups in total. The number of nitrogens with zero attached hydrogens (tertiary/aromatic N) is 6. The lowest BCUT2D eigenvalue weighted by atomic mass is 9.87. The van der Waals surface area contributed by atoms with Gasteiger partial charge in [-0.2, -0.15) is 0 Å². The second-order valence-corrected chi connectivity index (χ2v) is 20.0. The van der Waals surface area contributed by atoms with Gasteiger partial charge in [0, 0.05) is 33.4 Å². The summed E-state index contributed by atoms with van der Waals surface area (Å²) < 4.78 is 14.2. The van der Waals surface area contributed by atoms with Gasteiger partial charge in [-0.05, 0) is 120 Å². The van der Waals surface area contributed by atoms with Crippen LogP contribution in [-0.2, 0) is 39.3 Å². The SMILES string of the molecule is Cc1c(Cn2cc[n+](Cc3c4ccccc4cc4ccccc34)c2)c(C)c(Cn2cc[n+](Cc3c4ccccc4cc4ccccc34)c2)c(C)c1Cn1cc[n+](Cc2c3ccccc3cc3ccccc23)c1.[Br-].[Br-].[Br-]. The van der Waals surface area contributed by atoms with Crippen LogP contribution in [0.2, 0.25) is 0 Å². The first kappa shape index (κ1) is 51.3. The van der Waals surface area contributed by atoms with Gasteiger partial charge in [-0.1, -0.05) is 146 Å². The predicted molar refractivity (Wildman–Crippen MR) is 294 cm³/mol. The zero-order valence-corrected chi connectivity index (χ0v) is 47.1. The quantitative estimate of drug-likeness (QED) is 0.130. The standard InChI is InChI=1S/C66H57N6.3BrH/c1-46-61(37-67-28-31-70(43-67)40-64-55-22-10-4-16-49(55)34-50-17-5-11-23-56(50)64)47(2)63(39-69-30-33-72(45-69)42-66-59-26-14-8-20-53(59)36-54-21-9-15-27-60(54)66)48(3)62(46)38-68-29-32-71(44-68)41-65-57-24-12-6-18-51(57)35-52-19-7-13-25-58(52)65;;;/h4-36,43-45H,37-42H2,1-3H3;3*1H/q+3;;;/p-3. The average Bonchev–Trinajstić information content (AvgIpc) is 4.19. The van der Waals surface area contributed by atoms with Gasteiger partial charge in [-0.3, -0.25) is 0 Å².